The van der Waals surface area contributed by atoms with E-state index in [1.807, 2.05) is 19.1 Å². The summed E-state index contributed by atoms with van der Waals surface area (Å²) in [6, 6.07) is 10.6. The number of thioether (sulfide) groups is 1. The van der Waals surface area contributed by atoms with E-state index < -0.39 is 16.9 Å². The Morgan fingerprint density at radius 2 is 1.97 bits per heavy atom. The lowest BCUT2D eigenvalue weighted by molar-refractivity contribution is -0.384. The molecule has 3 rings (SSSR count). The summed E-state index contributed by atoms with van der Waals surface area (Å²) in [5.74, 6) is -0.200. The second-order valence-corrected chi connectivity index (χ2v) is 8.91. The fourth-order valence-electron chi connectivity index (χ4n) is 3.12. The predicted octanol–water partition coefficient (Wildman–Crippen LogP) is 4.56. The SMILES string of the molecule is C=CCn1c(SCC(=O)Nc2cc([N+](=O)[O-])ccc2Cl)nnc1[C@H](C)NC(=O)c1ccc(C)cc1. The molecule has 0 aliphatic heterocycles. The van der Waals surface area contributed by atoms with E-state index in [-0.39, 0.29) is 28.1 Å². The van der Waals surface area contributed by atoms with Crippen LogP contribution in [-0.2, 0) is 11.3 Å². The number of nitro groups is 1. The molecule has 0 saturated carbocycles. The summed E-state index contributed by atoms with van der Waals surface area (Å²) in [4.78, 5) is 35.5. The molecule has 10 nitrogen and oxygen atoms in total. The number of anilines is 1. The van der Waals surface area contributed by atoms with Gasteiger partial charge in [0.1, 0.15) is 0 Å². The number of nitro benzene ring substituents is 1. The number of benzene rings is 2. The predicted molar refractivity (Wildman–Crippen MR) is 135 cm³/mol. The molecule has 0 aliphatic rings. The first kappa shape index (κ1) is 25.9. The molecule has 12 heteroatoms. The Morgan fingerprint density at radius 1 is 1.26 bits per heavy atom. The van der Waals surface area contributed by atoms with Gasteiger partial charge in [-0.25, -0.2) is 0 Å². The molecule has 0 bridgehead atoms. The maximum atomic E-state index is 12.6. The number of rotatable bonds is 10. The fourth-order valence-corrected chi connectivity index (χ4v) is 4.04. The smallest absolute Gasteiger partial charge is 0.271 e. The van der Waals surface area contributed by atoms with Gasteiger partial charge in [0, 0.05) is 24.2 Å². The number of carbonyl (C=O) groups excluding carboxylic acids is 2. The molecule has 2 amide bonds. The van der Waals surface area contributed by atoms with Gasteiger partial charge in [0.25, 0.3) is 11.6 Å². The van der Waals surface area contributed by atoms with Crippen molar-refractivity contribution >= 4 is 46.6 Å². The highest BCUT2D eigenvalue weighted by atomic mass is 35.5. The molecule has 1 atom stereocenters. The van der Waals surface area contributed by atoms with Crippen molar-refractivity contribution in [1.29, 1.82) is 0 Å². The molecule has 0 fully saturated rings. The van der Waals surface area contributed by atoms with Gasteiger partial charge in [-0.2, -0.15) is 0 Å². The standard InChI is InChI=1S/C23H23ClN6O4S/c1-4-11-29-21(15(3)25-22(32)16-7-5-14(2)6-8-16)27-28-23(29)35-13-20(31)26-19-12-17(30(33)34)9-10-18(19)24/h4-10,12,15H,1,11,13H2,2-3H3,(H,25,32)(H,26,31)/t15-/m0/s1. The number of carbonyl (C=O) groups is 2. The van der Waals surface area contributed by atoms with Gasteiger partial charge in [-0.05, 0) is 32.0 Å². The Hall–Kier alpha value is -3.70. The van der Waals surface area contributed by atoms with Crippen LogP contribution in [0.4, 0.5) is 11.4 Å². The number of hydrogen-bond donors (Lipinski definition) is 2. The van der Waals surface area contributed by atoms with Crippen LogP contribution in [0.15, 0.2) is 60.3 Å². The summed E-state index contributed by atoms with van der Waals surface area (Å²) in [5, 5.41) is 25.5. The zero-order valence-electron chi connectivity index (χ0n) is 19.0. The van der Waals surface area contributed by atoms with Crippen molar-refractivity contribution in [2.24, 2.45) is 0 Å². The van der Waals surface area contributed by atoms with Crippen LogP contribution in [0.5, 0.6) is 0 Å². The number of aromatic nitrogens is 3. The minimum atomic E-state index is -0.571. The maximum Gasteiger partial charge on any atom is 0.271 e. The van der Waals surface area contributed by atoms with E-state index in [0.29, 0.717) is 23.1 Å². The van der Waals surface area contributed by atoms with E-state index in [4.69, 9.17) is 11.6 Å². The van der Waals surface area contributed by atoms with Gasteiger partial charge in [-0.3, -0.25) is 19.7 Å². The van der Waals surface area contributed by atoms with Gasteiger partial charge in [-0.15, -0.1) is 16.8 Å². The largest absolute Gasteiger partial charge is 0.342 e. The van der Waals surface area contributed by atoms with Crippen LogP contribution >= 0.6 is 23.4 Å². The summed E-state index contributed by atoms with van der Waals surface area (Å²) < 4.78 is 1.76. The van der Waals surface area contributed by atoms with E-state index in [1.165, 1.54) is 18.2 Å². The third-order valence-electron chi connectivity index (χ3n) is 4.87. The molecular weight excluding hydrogens is 492 g/mol. The summed E-state index contributed by atoms with van der Waals surface area (Å²) >= 11 is 7.17. The maximum absolute atomic E-state index is 12.6. The van der Waals surface area contributed by atoms with Crippen LogP contribution < -0.4 is 10.6 Å². The number of non-ortho nitro benzene ring substituents is 1. The van der Waals surface area contributed by atoms with Gasteiger partial charge in [0.05, 0.1) is 27.4 Å². The number of hydrogen-bond acceptors (Lipinski definition) is 7. The second-order valence-electron chi connectivity index (χ2n) is 7.56. The summed E-state index contributed by atoms with van der Waals surface area (Å²) in [5.41, 5.74) is 1.55. The average molecular weight is 515 g/mol. The monoisotopic (exact) mass is 514 g/mol. The van der Waals surface area contributed by atoms with Crippen molar-refractivity contribution in [2.75, 3.05) is 11.1 Å². The molecule has 0 unspecified atom stereocenters. The molecule has 0 aliphatic carbocycles. The molecule has 0 spiro atoms. The van der Waals surface area contributed by atoms with Crippen molar-refractivity contribution in [2.45, 2.75) is 31.6 Å². The zero-order valence-corrected chi connectivity index (χ0v) is 20.6. The van der Waals surface area contributed by atoms with Crippen molar-refractivity contribution in [3.8, 4) is 0 Å². The molecule has 182 valence electrons. The highest BCUT2D eigenvalue weighted by molar-refractivity contribution is 7.99. The molecule has 1 heterocycles. The van der Waals surface area contributed by atoms with Crippen LogP contribution in [0.3, 0.4) is 0 Å². The lowest BCUT2D eigenvalue weighted by Crippen LogP contribution is -2.28. The third-order valence-corrected chi connectivity index (χ3v) is 6.17. The van der Waals surface area contributed by atoms with Gasteiger partial charge < -0.3 is 15.2 Å². The minimum Gasteiger partial charge on any atom is -0.342 e. The van der Waals surface area contributed by atoms with Crippen molar-refractivity contribution in [3.63, 3.8) is 0 Å². The summed E-state index contributed by atoms with van der Waals surface area (Å²) in [6.45, 7) is 7.86. The lowest BCUT2D eigenvalue weighted by Gasteiger charge is -2.15. The first-order chi connectivity index (χ1) is 16.7. The molecular formula is C23H23ClN6O4S. The lowest BCUT2D eigenvalue weighted by atomic mass is 10.1. The van der Waals surface area contributed by atoms with Gasteiger partial charge >= 0.3 is 0 Å². The number of nitrogens with one attached hydrogen (secondary N) is 2. The molecule has 2 N–H and O–H groups in total. The zero-order chi connectivity index (χ0) is 25.5. The number of halogens is 1. The number of nitrogens with zero attached hydrogens (tertiary/aromatic N) is 4. The van der Waals surface area contributed by atoms with Crippen molar-refractivity contribution < 1.29 is 14.5 Å². The first-order valence-electron chi connectivity index (χ1n) is 10.5. The van der Waals surface area contributed by atoms with E-state index in [1.54, 1.807) is 29.7 Å². The Morgan fingerprint density at radius 3 is 2.63 bits per heavy atom. The topological polar surface area (TPSA) is 132 Å². The molecule has 3 aromatic rings. The minimum absolute atomic E-state index is 0.0433. The van der Waals surface area contributed by atoms with Crippen LogP contribution in [0.2, 0.25) is 5.02 Å². The second kappa shape index (κ2) is 11.6. The van der Waals surface area contributed by atoms with Crippen LogP contribution in [-0.4, -0.2) is 37.3 Å². The highest BCUT2D eigenvalue weighted by Crippen LogP contribution is 2.27. The summed E-state index contributed by atoms with van der Waals surface area (Å²) in [6.07, 6.45) is 1.66. The number of aryl methyl sites for hydroxylation is 1. The fraction of sp³-hybridized carbons (Fsp3) is 0.217. The molecule has 35 heavy (non-hydrogen) atoms. The van der Waals surface area contributed by atoms with Crippen LogP contribution in [0.25, 0.3) is 0 Å². The molecule has 0 radical (unpaired) electrons. The van der Waals surface area contributed by atoms with E-state index in [0.717, 1.165) is 17.3 Å². The van der Waals surface area contributed by atoms with Crippen molar-refractivity contribution in [1.82, 2.24) is 20.1 Å². The normalized spacial score (nSPS) is 11.5. The van der Waals surface area contributed by atoms with Crippen molar-refractivity contribution in [3.05, 3.63) is 87.2 Å². The van der Waals surface area contributed by atoms with Gasteiger partial charge in [0.15, 0.2) is 11.0 Å². The Labute approximate surface area is 210 Å². The Kier molecular flexibility index (Phi) is 8.61. The molecule has 0 saturated heterocycles. The Balaban J connectivity index is 1.68. The highest BCUT2D eigenvalue weighted by Gasteiger charge is 2.21. The number of amides is 2. The third kappa shape index (κ3) is 6.67. The van der Waals surface area contributed by atoms with Gasteiger partial charge in [0.2, 0.25) is 5.91 Å². The average Bonchev–Trinajstić information content (AvgIpc) is 3.22. The number of allylic oxidation sites excluding steroid dienone is 1. The quantitative estimate of drug-likeness (QED) is 0.175. The van der Waals surface area contributed by atoms with Crippen LogP contribution in [0.1, 0.15) is 34.7 Å². The molecule has 1 aromatic heterocycles. The first-order valence-corrected chi connectivity index (χ1v) is 11.8. The van der Waals surface area contributed by atoms with E-state index >= 15 is 0 Å². The van der Waals surface area contributed by atoms with E-state index in [2.05, 4.69) is 27.4 Å². The summed E-state index contributed by atoms with van der Waals surface area (Å²) in [7, 11) is 0. The van der Waals surface area contributed by atoms with Crippen LogP contribution in [0, 0.1) is 17.0 Å². The Bertz CT molecular complexity index is 1260. The van der Waals surface area contributed by atoms with Gasteiger partial charge in [-0.1, -0.05) is 47.1 Å². The van der Waals surface area contributed by atoms with E-state index in [9.17, 15) is 19.7 Å². The molecule has 2 aromatic carbocycles.